The molecule has 0 bridgehead atoms. The minimum absolute atomic E-state index is 0. The highest BCUT2D eigenvalue weighted by Gasteiger charge is 2.13. The number of rotatable bonds is 8. The predicted octanol–water partition coefficient (Wildman–Crippen LogP) is 6.12. The molecule has 4 heteroatoms. The molecule has 0 aromatic heterocycles. The summed E-state index contributed by atoms with van der Waals surface area (Å²) in [4.78, 5) is 2.10. The van der Waals surface area contributed by atoms with Gasteiger partial charge in [0.05, 0.1) is 0 Å². The zero-order valence-electron chi connectivity index (χ0n) is 17.8. The van der Waals surface area contributed by atoms with Crippen LogP contribution in [0.5, 0.6) is 11.5 Å². The maximum atomic E-state index is 10.1. The summed E-state index contributed by atoms with van der Waals surface area (Å²) < 4.78 is 5.85. The quantitative estimate of drug-likeness (QED) is 0.443. The molecule has 3 rings (SSSR count). The molecule has 0 heterocycles. The van der Waals surface area contributed by atoms with Gasteiger partial charge >= 0.3 is 0 Å². The fourth-order valence-corrected chi connectivity index (χ4v) is 3.41. The summed E-state index contributed by atoms with van der Waals surface area (Å²) in [6, 6.07) is 26.2. The van der Waals surface area contributed by atoms with Crippen molar-refractivity contribution in [2.24, 2.45) is 0 Å². The van der Waals surface area contributed by atoms with Gasteiger partial charge in [-0.05, 0) is 72.6 Å². The third-order valence-electron chi connectivity index (χ3n) is 4.86. The molecule has 0 saturated carbocycles. The summed E-state index contributed by atoms with van der Waals surface area (Å²) in [6.45, 7) is 3.71. The molecule has 0 aliphatic heterocycles. The highest BCUT2D eigenvalue weighted by atomic mass is 35.5. The van der Waals surface area contributed by atoms with Gasteiger partial charge in [0.2, 0.25) is 0 Å². The third kappa shape index (κ3) is 6.12. The first-order valence-electron chi connectivity index (χ1n) is 10.0. The summed E-state index contributed by atoms with van der Waals surface area (Å²) in [5, 5.41) is 10.1. The highest BCUT2D eigenvalue weighted by Crippen LogP contribution is 2.35. The lowest BCUT2D eigenvalue weighted by Gasteiger charge is -2.17. The topological polar surface area (TPSA) is 32.7 Å². The monoisotopic (exact) mass is 423 g/mol. The Labute approximate surface area is 186 Å². The molecule has 158 valence electrons. The number of benzene rings is 3. The highest BCUT2D eigenvalue weighted by molar-refractivity contribution is 5.98. The second-order valence-electron chi connectivity index (χ2n) is 7.30. The zero-order chi connectivity index (χ0) is 20.6. The Hall–Kier alpha value is -2.75. The second kappa shape index (κ2) is 11.4. The lowest BCUT2D eigenvalue weighted by molar-refractivity contribution is 0.261. The molecule has 1 N–H and O–H groups in total. The molecular formula is C26H30ClNO2. The van der Waals surface area contributed by atoms with Crippen molar-refractivity contribution in [1.29, 1.82) is 0 Å². The lowest BCUT2D eigenvalue weighted by atomic mass is 9.88. The number of allylic oxidation sites excluding steroid dienone is 1. The summed E-state index contributed by atoms with van der Waals surface area (Å²) in [7, 11) is 4.07. The minimum Gasteiger partial charge on any atom is -0.508 e. The number of phenols is 1. The molecule has 0 saturated heterocycles. The van der Waals surface area contributed by atoms with Crippen LogP contribution in [-0.4, -0.2) is 37.3 Å². The Bertz CT molecular complexity index is 950. The van der Waals surface area contributed by atoms with Crippen LogP contribution in [0, 0.1) is 0 Å². The average molecular weight is 424 g/mol. The molecule has 0 aliphatic rings. The number of hydrogen-bond acceptors (Lipinski definition) is 3. The molecular weight excluding hydrogens is 394 g/mol. The lowest BCUT2D eigenvalue weighted by Crippen LogP contribution is -2.19. The first-order valence-corrected chi connectivity index (χ1v) is 10.0. The van der Waals surface area contributed by atoms with Gasteiger partial charge in [0.1, 0.15) is 18.1 Å². The summed E-state index contributed by atoms with van der Waals surface area (Å²) in [6.07, 6.45) is 0.885. The first kappa shape index (κ1) is 23.5. The van der Waals surface area contributed by atoms with E-state index in [2.05, 4.69) is 54.3 Å². The summed E-state index contributed by atoms with van der Waals surface area (Å²) in [5.41, 5.74) is 5.69. The van der Waals surface area contributed by atoms with Crippen molar-refractivity contribution in [3.8, 4) is 11.5 Å². The largest absolute Gasteiger partial charge is 0.508 e. The van der Waals surface area contributed by atoms with E-state index in [1.807, 2.05) is 44.4 Å². The van der Waals surface area contributed by atoms with Gasteiger partial charge in [0.25, 0.3) is 0 Å². The van der Waals surface area contributed by atoms with Crippen molar-refractivity contribution in [2.75, 3.05) is 27.2 Å². The molecule has 0 fully saturated rings. The van der Waals surface area contributed by atoms with Crippen LogP contribution in [0.4, 0.5) is 0 Å². The Morgan fingerprint density at radius 2 is 1.50 bits per heavy atom. The first-order chi connectivity index (χ1) is 14.1. The van der Waals surface area contributed by atoms with E-state index in [1.165, 1.54) is 11.1 Å². The van der Waals surface area contributed by atoms with Crippen molar-refractivity contribution in [3.05, 3.63) is 95.6 Å². The molecule has 30 heavy (non-hydrogen) atoms. The molecule has 3 aromatic carbocycles. The van der Waals surface area contributed by atoms with Crippen LogP contribution in [0.15, 0.2) is 78.9 Å². The SMILES string of the molecule is CCC(=C(c1ccc(OCCN(C)C)cc1)c1cccc(O)c1)c1ccccc1.Cl. The van der Waals surface area contributed by atoms with Crippen LogP contribution in [0.1, 0.15) is 30.0 Å². The molecule has 0 spiro atoms. The number of ether oxygens (including phenoxy) is 1. The minimum atomic E-state index is 0. The van der Waals surface area contributed by atoms with Gasteiger partial charge < -0.3 is 14.7 Å². The molecule has 3 aromatic rings. The molecule has 0 radical (unpaired) electrons. The number of likely N-dealkylation sites (N-methyl/N-ethyl adjacent to an activating group) is 1. The van der Waals surface area contributed by atoms with Gasteiger partial charge in [-0.2, -0.15) is 0 Å². The predicted molar refractivity (Wildman–Crippen MR) is 128 cm³/mol. The van der Waals surface area contributed by atoms with E-state index in [9.17, 15) is 5.11 Å². The van der Waals surface area contributed by atoms with Crippen LogP contribution >= 0.6 is 12.4 Å². The maximum absolute atomic E-state index is 10.1. The number of halogens is 1. The zero-order valence-corrected chi connectivity index (χ0v) is 18.7. The third-order valence-corrected chi connectivity index (χ3v) is 4.86. The van der Waals surface area contributed by atoms with Gasteiger partial charge in [-0.1, -0.05) is 61.5 Å². The average Bonchev–Trinajstić information content (AvgIpc) is 2.73. The van der Waals surface area contributed by atoms with Crippen LogP contribution in [-0.2, 0) is 0 Å². The normalized spacial score (nSPS) is 11.6. The van der Waals surface area contributed by atoms with Crippen molar-refractivity contribution >= 4 is 23.6 Å². The van der Waals surface area contributed by atoms with Crippen LogP contribution in [0.3, 0.4) is 0 Å². The van der Waals surface area contributed by atoms with E-state index >= 15 is 0 Å². The Morgan fingerprint density at radius 3 is 2.10 bits per heavy atom. The molecule has 0 amide bonds. The van der Waals surface area contributed by atoms with Crippen LogP contribution < -0.4 is 4.74 Å². The second-order valence-corrected chi connectivity index (χ2v) is 7.30. The number of nitrogens with zero attached hydrogens (tertiary/aromatic N) is 1. The molecule has 0 aliphatic carbocycles. The van der Waals surface area contributed by atoms with E-state index < -0.39 is 0 Å². The number of aromatic hydroxyl groups is 1. The van der Waals surface area contributed by atoms with Crippen molar-refractivity contribution in [2.45, 2.75) is 13.3 Å². The van der Waals surface area contributed by atoms with Gasteiger partial charge in [-0.15, -0.1) is 12.4 Å². The summed E-state index contributed by atoms with van der Waals surface area (Å²) in [5.74, 6) is 1.13. The van der Waals surface area contributed by atoms with E-state index in [4.69, 9.17) is 4.74 Å². The van der Waals surface area contributed by atoms with Crippen molar-refractivity contribution in [3.63, 3.8) is 0 Å². The van der Waals surface area contributed by atoms with Crippen LogP contribution in [0.2, 0.25) is 0 Å². The standard InChI is InChI=1S/C26H29NO2.ClH/c1-4-25(20-9-6-5-7-10-20)26(22-11-8-12-23(28)19-22)21-13-15-24(16-14-21)29-18-17-27(2)3;/h5-16,19,28H,4,17-18H2,1-3H3;1H. The molecule has 0 unspecified atom stereocenters. The van der Waals surface area contributed by atoms with Gasteiger partial charge in [0, 0.05) is 6.54 Å². The molecule has 3 nitrogen and oxygen atoms in total. The fraction of sp³-hybridized carbons (Fsp3) is 0.231. The maximum Gasteiger partial charge on any atom is 0.119 e. The summed E-state index contributed by atoms with van der Waals surface area (Å²) >= 11 is 0. The molecule has 0 atom stereocenters. The van der Waals surface area contributed by atoms with E-state index in [1.54, 1.807) is 6.07 Å². The van der Waals surface area contributed by atoms with Gasteiger partial charge in [-0.25, -0.2) is 0 Å². The number of hydrogen-bond donors (Lipinski definition) is 1. The Kier molecular flexibility index (Phi) is 8.97. The van der Waals surface area contributed by atoms with Crippen molar-refractivity contribution < 1.29 is 9.84 Å². The van der Waals surface area contributed by atoms with E-state index in [0.29, 0.717) is 6.61 Å². The van der Waals surface area contributed by atoms with E-state index in [0.717, 1.165) is 35.4 Å². The fourth-order valence-electron chi connectivity index (χ4n) is 3.41. The Morgan fingerprint density at radius 1 is 0.833 bits per heavy atom. The van der Waals surface area contributed by atoms with Crippen molar-refractivity contribution in [1.82, 2.24) is 4.90 Å². The van der Waals surface area contributed by atoms with Gasteiger partial charge in [0.15, 0.2) is 0 Å². The Balaban J connectivity index is 0.00000320. The van der Waals surface area contributed by atoms with Crippen LogP contribution in [0.25, 0.3) is 11.1 Å². The smallest absolute Gasteiger partial charge is 0.119 e. The van der Waals surface area contributed by atoms with E-state index in [-0.39, 0.29) is 18.2 Å². The number of phenolic OH excluding ortho intramolecular Hbond substituents is 1. The van der Waals surface area contributed by atoms with Gasteiger partial charge in [-0.3, -0.25) is 0 Å².